The van der Waals surface area contributed by atoms with Gasteiger partial charge in [-0.3, -0.25) is 4.90 Å². The maximum absolute atomic E-state index is 10.8. The molecule has 2 atom stereocenters. The van der Waals surface area contributed by atoms with E-state index in [0.29, 0.717) is 17.6 Å². The van der Waals surface area contributed by atoms with Gasteiger partial charge in [-0.25, -0.2) is 0 Å². The van der Waals surface area contributed by atoms with E-state index in [4.69, 9.17) is 11.6 Å². The molecular weight excluding hydrogens is 368 g/mol. The van der Waals surface area contributed by atoms with Crippen molar-refractivity contribution in [3.05, 3.63) is 70.7 Å². The van der Waals surface area contributed by atoms with Crippen LogP contribution in [0.3, 0.4) is 0 Å². The van der Waals surface area contributed by atoms with Gasteiger partial charge in [-0.15, -0.1) is 0 Å². The highest BCUT2D eigenvalue weighted by molar-refractivity contribution is 6.30. The second-order valence-electron chi connectivity index (χ2n) is 7.50. The van der Waals surface area contributed by atoms with Gasteiger partial charge in [0.05, 0.1) is 6.10 Å². The Morgan fingerprint density at radius 3 is 2.21 bits per heavy atom. The summed E-state index contributed by atoms with van der Waals surface area (Å²) in [6.07, 6.45) is 1.77. The molecular formula is C24H35ClN2O. The van der Waals surface area contributed by atoms with E-state index in [-0.39, 0.29) is 0 Å². The fourth-order valence-electron chi connectivity index (χ4n) is 3.56. The van der Waals surface area contributed by atoms with E-state index in [0.717, 1.165) is 38.2 Å². The van der Waals surface area contributed by atoms with Crippen molar-refractivity contribution < 1.29 is 5.11 Å². The van der Waals surface area contributed by atoms with Crippen molar-refractivity contribution in [1.29, 1.82) is 0 Å². The molecule has 2 aromatic rings. The van der Waals surface area contributed by atoms with E-state index >= 15 is 0 Å². The first-order valence-electron chi connectivity index (χ1n) is 10.5. The third-order valence-corrected chi connectivity index (χ3v) is 5.76. The van der Waals surface area contributed by atoms with Crippen LogP contribution in [0.4, 0.5) is 0 Å². The van der Waals surface area contributed by atoms with Crippen LogP contribution in [0.5, 0.6) is 0 Å². The third kappa shape index (κ3) is 7.56. The molecule has 4 heteroatoms. The number of hydrogen-bond acceptors (Lipinski definition) is 3. The molecule has 0 bridgehead atoms. The molecule has 2 rings (SSSR count). The summed E-state index contributed by atoms with van der Waals surface area (Å²) in [5.41, 5.74) is 2.19. The molecule has 0 aromatic heterocycles. The lowest BCUT2D eigenvalue weighted by atomic mass is 10.1. The predicted octanol–water partition coefficient (Wildman–Crippen LogP) is 5.39. The summed E-state index contributed by atoms with van der Waals surface area (Å²) in [5, 5.41) is 11.5. The van der Waals surface area contributed by atoms with Gasteiger partial charge in [0, 0.05) is 24.2 Å². The quantitative estimate of drug-likeness (QED) is 0.515. The van der Waals surface area contributed by atoms with Gasteiger partial charge in [-0.05, 0) is 62.7 Å². The highest BCUT2D eigenvalue weighted by Gasteiger charge is 2.19. The minimum atomic E-state index is -0.522. The van der Waals surface area contributed by atoms with Crippen LogP contribution in [-0.4, -0.2) is 47.1 Å². The van der Waals surface area contributed by atoms with Crippen molar-refractivity contribution in [3.63, 3.8) is 0 Å². The minimum absolute atomic E-state index is 0.401. The summed E-state index contributed by atoms with van der Waals surface area (Å²) < 4.78 is 0. The van der Waals surface area contributed by atoms with Gasteiger partial charge >= 0.3 is 0 Å². The van der Waals surface area contributed by atoms with Gasteiger partial charge in [-0.1, -0.05) is 67.9 Å². The number of halogens is 1. The lowest BCUT2D eigenvalue weighted by molar-refractivity contribution is 0.0816. The molecule has 3 nitrogen and oxygen atoms in total. The zero-order valence-corrected chi connectivity index (χ0v) is 18.3. The summed E-state index contributed by atoms with van der Waals surface area (Å²) >= 11 is 5.99. The van der Waals surface area contributed by atoms with Crippen LogP contribution in [0.15, 0.2) is 54.6 Å². The maximum Gasteiger partial charge on any atom is 0.0917 e. The molecule has 1 N–H and O–H groups in total. The fraction of sp³-hybridized carbons (Fsp3) is 0.500. The van der Waals surface area contributed by atoms with Gasteiger partial charge in [0.2, 0.25) is 0 Å². The van der Waals surface area contributed by atoms with Crippen molar-refractivity contribution in [2.45, 2.75) is 52.3 Å². The molecule has 2 aromatic carbocycles. The van der Waals surface area contributed by atoms with E-state index in [9.17, 15) is 5.11 Å². The molecule has 0 fully saturated rings. The molecule has 0 heterocycles. The Kier molecular flexibility index (Phi) is 10.0. The van der Waals surface area contributed by atoms with E-state index in [1.807, 2.05) is 30.3 Å². The largest absolute Gasteiger partial charge is 0.387 e. The predicted molar refractivity (Wildman–Crippen MR) is 120 cm³/mol. The van der Waals surface area contributed by atoms with E-state index in [1.54, 1.807) is 0 Å². The second-order valence-corrected chi connectivity index (χ2v) is 7.94. The molecule has 0 unspecified atom stereocenters. The third-order valence-electron chi connectivity index (χ3n) is 5.50. The summed E-state index contributed by atoms with van der Waals surface area (Å²) in [5.74, 6) is 0. The highest BCUT2D eigenvalue weighted by Crippen LogP contribution is 2.21. The molecule has 0 aliphatic rings. The molecule has 0 saturated heterocycles. The minimum Gasteiger partial charge on any atom is -0.387 e. The van der Waals surface area contributed by atoms with Gasteiger partial charge < -0.3 is 10.0 Å². The average molecular weight is 403 g/mol. The first kappa shape index (κ1) is 22.9. The Balaban J connectivity index is 2.02. The Morgan fingerprint density at radius 1 is 0.964 bits per heavy atom. The van der Waals surface area contributed by atoms with Crippen LogP contribution < -0.4 is 0 Å². The lowest BCUT2D eigenvalue weighted by Gasteiger charge is -2.32. The molecule has 0 amide bonds. The molecule has 154 valence electrons. The van der Waals surface area contributed by atoms with Crippen molar-refractivity contribution in [2.75, 3.05) is 26.2 Å². The lowest BCUT2D eigenvalue weighted by Crippen LogP contribution is -2.36. The Hall–Kier alpha value is -1.39. The Morgan fingerprint density at radius 2 is 1.61 bits per heavy atom. The fourth-order valence-corrected chi connectivity index (χ4v) is 3.69. The molecule has 0 radical (unpaired) electrons. The number of aliphatic hydroxyl groups is 1. The van der Waals surface area contributed by atoms with Crippen LogP contribution >= 0.6 is 11.6 Å². The van der Waals surface area contributed by atoms with Crippen LogP contribution in [0.1, 0.15) is 50.8 Å². The van der Waals surface area contributed by atoms with Crippen molar-refractivity contribution >= 4 is 11.6 Å². The second kappa shape index (κ2) is 12.2. The van der Waals surface area contributed by atoms with Gasteiger partial charge in [-0.2, -0.15) is 0 Å². The summed E-state index contributed by atoms with van der Waals surface area (Å²) in [7, 11) is 0. The van der Waals surface area contributed by atoms with Crippen molar-refractivity contribution in [3.8, 4) is 0 Å². The monoisotopic (exact) mass is 402 g/mol. The molecule has 0 saturated carbocycles. The number of hydrogen-bond donors (Lipinski definition) is 1. The number of rotatable bonds is 12. The first-order valence-corrected chi connectivity index (χ1v) is 10.8. The summed E-state index contributed by atoms with van der Waals surface area (Å²) in [6, 6.07) is 18.4. The average Bonchev–Trinajstić information content (AvgIpc) is 2.71. The number of nitrogens with zero attached hydrogens (tertiary/aromatic N) is 2. The summed E-state index contributed by atoms with van der Waals surface area (Å²) in [4.78, 5) is 4.87. The van der Waals surface area contributed by atoms with E-state index in [1.165, 1.54) is 12.0 Å². The smallest absolute Gasteiger partial charge is 0.0917 e. The van der Waals surface area contributed by atoms with E-state index < -0.39 is 6.10 Å². The zero-order chi connectivity index (χ0) is 20.4. The van der Waals surface area contributed by atoms with Gasteiger partial charge in [0.1, 0.15) is 0 Å². The Bertz CT molecular complexity index is 658. The van der Waals surface area contributed by atoms with Crippen molar-refractivity contribution in [1.82, 2.24) is 9.80 Å². The zero-order valence-electron chi connectivity index (χ0n) is 17.5. The van der Waals surface area contributed by atoms with Crippen molar-refractivity contribution in [2.24, 2.45) is 0 Å². The van der Waals surface area contributed by atoms with Crippen LogP contribution in [0.2, 0.25) is 5.02 Å². The standard InChI is InChI=1S/C24H35ClN2O/c1-4-26(5-2)17-9-10-20(3)27(18-21-11-7-6-8-12-21)19-24(28)22-13-15-23(25)16-14-22/h6-8,11-16,20,24,28H,4-5,9-10,17-19H2,1-3H3/t20-,24-/m1/s1. The normalized spacial score (nSPS) is 13.8. The first-order chi connectivity index (χ1) is 13.5. The molecule has 0 aliphatic carbocycles. The van der Waals surface area contributed by atoms with Crippen LogP contribution in [0, 0.1) is 0 Å². The molecule has 28 heavy (non-hydrogen) atoms. The summed E-state index contributed by atoms with van der Waals surface area (Å²) in [6.45, 7) is 11.5. The maximum atomic E-state index is 10.8. The number of aliphatic hydroxyl groups excluding tert-OH is 1. The van der Waals surface area contributed by atoms with Crippen LogP contribution in [-0.2, 0) is 6.54 Å². The Labute approximate surface area is 175 Å². The number of benzene rings is 2. The van der Waals surface area contributed by atoms with Crippen LogP contribution in [0.25, 0.3) is 0 Å². The SMILES string of the molecule is CCN(CC)CCC[C@@H](C)N(Cc1ccccc1)C[C@@H](O)c1ccc(Cl)cc1. The molecule has 0 aliphatic heterocycles. The van der Waals surface area contributed by atoms with E-state index in [2.05, 4.69) is 54.8 Å². The van der Waals surface area contributed by atoms with Gasteiger partial charge in [0.25, 0.3) is 0 Å². The molecule has 0 spiro atoms. The van der Waals surface area contributed by atoms with Gasteiger partial charge in [0.15, 0.2) is 0 Å². The topological polar surface area (TPSA) is 26.7 Å². The highest BCUT2D eigenvalue weighted by atomic mass is 35.5.